The van der Waals surface area contributed by atoms with Crippen LogP contribution in [0.3, 0.4) is 0 Å². The van der Waals surface area contributed by atoms with E-state index in [0.717, 1.165) is 0 Å². The van der Waals surface area contributed by atoms with Gasteiger partial charge >= 0.3 is 13.6 Å². The summed E-state index contributed by atoms with van der Waals surface area (Å²) in [6, 6.07) is 0. The Bertz CT molecular complexity index is 1240. The molecule has 2 aliphatic rings. The zero-order valence-corrected chi connectivity index (χ0v) is 21.2. The quantitative estimate of drug-likeness (QED) is 0.133. The summed E-state index contributed by atoms with van der Waals surface area (Å²) in [6.45, 7) is 2.55. The molecule has 2 aliphatic heterocycles. The molecule has 37 heavy (non-hydrogen) atoms. The first-order valence-corrected chi connectivity index (χ1v) is 13.2. The lowest BCUT2D eigenvalue weighted by atomic mass is 9.93. The number of imidazole rings is 1. The van der Waals surface area contributed by atoms with Crippen molar-refractivity contribution in [2.45, 2.75) is 36.8 Å². The van der Waals surface area contributed by atoms with Gasteiger partial charge in [-0.15, -0.1) is 6.42 Å². The van der Waals surface area contributed by atoms with Crippen molar-refractivity contribution in [3.8, 4) is 12.3 Å². The van der Waals surface area contributed by atoms with Crippen molar-refractivity contribution in [3.05, 3.63) is 11.6 Å². The van der Waals surface area contributed by atoms with E-state index in [9.17, 15) is 29.4 Å². The number of morpholine rings is 1. The highest BCUT2D eigenvalue weighted by atomic mass is 35.5. The molecule has 2 aromatic heterocycles. The lowest BCUT2D eigenvalue weighted by Gasteiger charge is -2.28. The number of anilines is 1. The van der Waals surface area contributed by atoms with Crippen LogP contribution in [0.4, 0.5) is 5.82 Å². The Hall–Kier alpha value is -2.38. The van der Waals surface area contributed by atoms with Gasteiger partial charge in [0.05, 0.1) is 32.8 Å². The van der Waals surface area contributed by atoms with Gasteiger partial charge in [-0.25, -0.2) is 9.78 Å². The molecule has 0 bridgehead atoms. The third kappa shape index (κ3) is 5.30. The summed E-state index contributed by atoms with van der Waals surface area (Å²) >= 11 is 6.17. The highest BCUT2D eigenvalue weighted by Crippen LogP contribution is 2.44. The molecule has 0 radical (unpaired) electrons. The second-order valence-electron chi connectivity index (χ2n) is 8.20. The van der Waals surface area contributed by atoms with Crippen molar-refractivity contribution < 1.29 is 48.3 Å². The lowest BCUT2D eigenvalue weighted by Crippen LogP contribution is -2.48. The fraction of sp³-hybridized carbons (Fsp3) is 0.600. The standard InChI is InChI=1S/C20H25ClN5O10P/c1-3-20(29)11(9-35-18(37(30,31)32)17(28)34-4-2)36-16(13(20)27)26-10-22-12-14(23-19(21)24-15(12)26)25-5-7-33-8-6-25/h1,10-11,13,16,18,27,29H,4-9H2,2H3,(H2,30,31,32)/t11-,13+,16-,18?,20-/m1/s1. The van der Waals surface area contributed by atoms with Crippen LogP contribution in [0, 0.1) is 12.3 Å². The number of hydrogen-bond donors (Lipinski definition) is 4. The number of aliphatic hydroxyl groups excluding tert-OH is 1. The molecular weight excluding hydrogens is 537 g/mol. The molecule has 5 atom stereocenters. The van der Waals surface area contributed by atoms with E-state index in [-0.39, 0.29) is 17.5 Å². The minimum Gasteiger partial charge on any atom is -0.464 e. The molecule has 2 fully saturated rings. The molecule has 0 saturated carbocycles. The van der Waals surface area contributed by atoms with Crippen molar-refractivity contribution in [2.75, 3.05) is 44.4 Å². The first-order valence-electron chi connectivity index (χ1n) is 11.1. The Labute approximate surface area is 215 Å². The number of esters is 1. The van der Waals surface area contributed by atoms with Gasteiger partial charge in [-0.05, 0) is 18.5 Å². The number of carbonyl (C=O) groups excluding carboxylic acids is 1. The molecule has 4 rings (SSSR count). The van der Waals surface area contributed by atoms with Gasteiger partial charge < -0.3 is 43.8 Å². The molecule has 4 N–H and O–H groups in total. The maximum Gasteiger partial charge on any atom is 0.365 e. The van der Waals surface area contributed by atoms with Crippen molar-refractivity contribution in [1.82, 2.24) is 19.5 Å². The third-order valence-electron chi connectivity index (χ3n) is 5.91. The number of terminal acetylenes is 1. The molecule has 2 saturated heterocycles. The lowest BCUT2D eigenvalue weighted by molar-refractivity contribution is -0.156. The molecule has 202 valence electrons. The van der Waals surface area contributed by atoms with Crippen LogP contribution in [0.5, 0.6) is 0 Å². The Morgan fingerprint density at radius 1 is 1.41 bits per heavy atom. The van der Waals surface area contributed by atoms with E-state index >= 15 is 0 Å². The van der Waals surface area contributed by atoms with E-state index in [4.69, 9.17) is 32.2 Å². The van der Waals surface area contributed by atoms with E-state index in [1.54, 1.807) is 0 Å². The summed E-state index contributed by atoms with van der Waals surface area (Å²) < 4.78 is 34.0. The van der Waals surface area contributed by atoms with Crippen LogP contribution in [0.15, 0.2) is 6.33 Å². The molecule has 2 aromatic rings. The Kier molecular flexibility index (Phi) is 8.05. The van der Waals surface area contributed by atoms with Crippen LogP contribution in [0.2, 0.25) is 5.28 Å². The topological polar surface area (TPSA) is 199 Å². The molecule has 0 aromatic carbocycles. The molecule has 0 amide bonds. The smallest absolute Gasteiger partial charge is 0.365 e. The maximum absolute atomic E-state index is 12.0. The van der Waals surface area contributed by atoms with E-state index in [1.807, 2.05) is 10.8 Å². The number of aliphatic hydroxyl groups is 2. The van der Waals surface area contributed by atoms with Crippen LogP contribution in [0.1, 0.15) is 13.2 Å². The number of carbonyl (C=O) groups is 1. The van der Waals surface area contributed by atoms with Crippen LogP contribution in [-0.2, 0) is 28.3 Å². The predicted molar refractivity (Wildman–Crippen MR) is 125 cm³/mol. The number of ether oxygens (including phenoxy) is 4. The molecule has 1 unspecified atom stereocenters. The molecule has 4 heterocycles. The molecule has 0 spiro atoms. The van der Waals surface area contributed by atoms with E-state index in [1.165, 1.54) is 17.8 Å². The largest absolute Gasteiger partial charge is 0.464 e. The van der Waals surface area contributed by atoms with E-state index in [2.05, 4.69) is 19.7 Å². The first-order chi connectivity index (χ1) is 17.5. The second-order valence-corrected chi connectivity index (χ2v) is 10.2. The number of fused-ring (bicyclic) bond motifs is 1. The van der Waals surface area contributed by atoms with Crippen LogP contribution < -0.4 is 4.90 Å². The van der Waals surface area contributed by atoms with Gasteiger partial charge in [0, 0.05) is 13.1 Å². The average Bonchev–Trinajstić information content (AvgIpc) is 3.37. The average molecular weight is 562 g/mol. The zero-order chi connectivity index (χ0) is 27.0. The SMILES string of the molecule is C#C[C@@]1(O)[C@@H](COC(C(=O)OCC)P(=O)(O)O)O[C@@H](n2cnc3c(N4CCOCC4)nc(Cl)nc32)[C@@H]1O. The maximum atomic E-state index is 12.0. The van der Waals surface area contributed by atoms with Gasteiger partial charge in [-0.2, -0.15) is 9.97 Å². The molecular formula is C20H25ClN5O10P. The summed E-state index contributed by atoms with van der Waals surface area (Å²) in [5.41, 5.74) is -1.86. The van der Waals surface area contributed by atoms with E-state index < -0.39 is 50.1 Å². The summed E-state index contributed by atoms with van der Waals surface area (Å²) in [5.74, 6) is -1.11. The van der Waals surface area contributed by atoms with Crippen molar-refractivity contribution in [1.29, 1.82) is 0 Å². The van der Waals surface area contributed by atoms with Gasteiger partial charge in [0.1, 0.15) is 12.2 Å². The Morgan fingerprint density at radius 2 is 2.11 bits per heavy atom. The van der Waals surface area contributed by atoms with Crippen molar-refractivity contribution in [2.24, 2.45) is 0 Å². The normalized spacial score (nSPS) is 27.3. The highest BCUT2D eigenvalue weighted by molar-refractivity contribution is 7.53. The van der Waals surface area contributed by atoms with Gasteiger partial charge in [-0.3, -0.25) is 9.13 Å². The fourth-order valence-corrected chi connectivity index (χ4v) is 4.86. The Balaban J connectivity index is 1.63. The van der Waals surface area contributed by atoms with Gasteiger partial charge in [-0.1, -0.05) is 5.92 Å². The second kappa shape index (κ2) is 10.8. The number of nitrogens with zero attached hydrogens (tertiary/aromatic N) is 5. The highest BCUT2D eigenvalue weighted by Gasteiger charge is 2.56. The number of aromatic nitrogens is 4. The molecule has 15 nitrogen and oxygen atoms in total. The minimum atomic E-state index is -5.11. The minimum absolute atomic E-state index is 0.103. The van der Waals surface area contributed by atoms with Crippen LogP contribution in [0.25, 0.3) is 11.2 Å². The number of hydrogen-bond acceptors (Lipinski definition) is 12. The van der Waals surface area contributed by atoms with E-state index in [0.29, 0.717) is 37.6 Å². The Morgan fingerprint density at radius 3 is 2.73 bits per heavy atom. The summed E-state index contributed by atoms with van der Waals surface area (Å²) in [6.07, 6.45) is 2.14. The van der Waals surface area contributed by atoms with Gasteiger partial charge in [0.2, 0.25) is 5.28 Å². The molecule has 17 heteroatoms. The monoisotopic (exact) mass is 561 g/mol. The summed E-state index contributed by atoms with van der Waals surface area (Å²) in [7, 11) is -5.11. The zero-order valence-electron chi connectivity index (χ0n) is 19.5. The fourth-order valence-electron chi connectivity index (χ4n) is 4.07. The number of halogens is 1. The first kappa shape index (κ1) is 27.6. The van der Waals surface area contributed by atoms with Crippen molar-refractivity contribution >= 4 is 42.1 Å². The third-order valence-corrected chi connectivity index (χ3v) is 7.05. The summed E-state index contributed by atoms with van der Waals surface area (Å²) in [5, 5.41) is 21.9. The van der Waals surface area contributed by atoms with Crippen LogP contribution >= 0.6 is 19.2 Å². The van der Waals surface area contributed by atoms with Crippen LogP contribution in [-0.4, -0.2) is 109 Å². The summed E-state index contributed by atoms with van der Waals surface area (Å²) in [4.78, 5) is 45.7. The van der Waals surface area contributed by atoms with Gasteiger partial charge in [0.25, 0.3) is 5.85 Å². The van der Waals surface area contributed by atoms with Gasteiger partial charge in [0.15, 0.2) is 28.8 Å². The van der Waals surface area contributed by atoms with Crippen molar-refractivity contribution in [3.63, 3.8) is 0 Å². The molecule has 0 aliphatic carbocycles. The number of rotatable bonds is 8. The predicted octanol–water partition coefficient (Wildman–Crippen LogP) is -0.978.